The highest BCUT2D eigenvalue weighted by molar-refractivity contribution is 5.40. The molecule has 0 unspecified atom stereocenters. The highest BCUT2D eigenvalue weighted by atomic mass is 16.3. The number of benzene rings is 2. The van der Waals surface area contributed by atoms with E-state index >= 15 is 0 Å². The van der Waals surface area contributed by atoms with Gasteiger partial charge in [-0.25, -0.2) is 0 Å². The zero-order chi connectivity index (χ0) is 14.5. The maximum absolute atomic E-state index is 9.47. The number of phenols is 3. The average molecular weight is 272 g/mol. The van der Waals surface area contributed by atoms with Crippen molar-refractivity contribution in [1.82, 2.24) is 0 Å². The quantitative estimate of drug-likeness (QED) is 0.575. The molecule has 0 fully saturated rings. The second-order valence-electron chi connectivity index (χ2n) is 5.15. The van der Waals surface area contributed by atoms with Crippen molar-refractivity contribution in [1.29, 1.82) is 0 Å². The smallest absolute Gasteiger partial charge is 0.157 e. The molecular formula is C17H20O3. The molecule has 20 heavy (non-hydrogen) atoms. The van der Waals surface area contributed by atoms with Crippen LogP contribution in [0.15, 0.2) is 36.4 Å². The maximum atomic E-state index is 9.47. The van der Waals surface area contributed by atoms with Crippen molar-refractivity contribution in [3.63, 3.8) is 0 Å². The van der Waals surface area contributed by atoms with Gasteiger partial charge in [0.1, 0.15) is 5.75 Å². The lowest BCUT2D eigenvalue weighted by Gasteiger charge is -2.06. The predicted molar refractivity (Wildman–Crippen MR) is 79.3 cm³/mol. The Morgan fingerprint density at radius 3 is 1.80 bits per heavy atom. The van der Waals surface area contributed by atoms with E-state index in [1.165, 1.54) is 11.6 Å². The van der Waals surface area contributed by atoms with E-state index in [-0.39, 0.29) is 11.5 Å². The standard InChI is InChI=1S/C17H20O3/c1-12-10-13(6-8-15(12)18)4-2-3-5-14-7-9-16(19)17(20)11-14/h6-11,18-20H,2-5H2,1H3. The Labute approximate surface area is 119 Å². The van der Waals surface area contributed by atoms with Crippen molar-refractivity contribution in [2.24, 2.45) is 0 Å². The summed E-state index contributed by atoms with van der Waals surface area (Å²) in [6.45, 7) is 1.90. The van der Waals surface area contributed by atoms with Crippen LogP contribution >= 0.6 is 0 Å². The van der Waals surface area contributed by atoms with Gasteiger partial charge in [-0.2, -0.15) is 0 Å². The monoisotopic (exact) mass is 272 g/mol. The molecule has 0 aromatic heterocycles. The molecule has 0 heterocycles. The van der Waals surface area contributed by atoms with Gasteiger partial charge in [0.2, 0.25) is 0 Å². The first-order valence-corrected chi connectivity index (χ1v) is 6.85. The zero-order valence-corrected chi connectivity index (χ0v) is 11.6. The normalized spacial score (nSPS) is 10.7. The van der Waals surface area contributed by atoms with Crippen LogP contribution < -0.4 is 0 Å². The van der Waals surface area contributed by atoms with Gasteiger partial charge in [0.15, 0.2) is 11.5 Å². The number of phenolic OH excluding ortho intramolecular Hbond substituents is 3. The third-order valence-electron chi connectivity index (χ3n) is 3.48. The topological polar surface area (TPSA) is 60.7 Å². The van der Waals surface area contributed by atoms with Crippen LogP contribution in [-0.2, 0) is 12.8 Å². The third kappa shape index (κ3) is 3.67. The number of aromatic hydroxyl groups is 3. The molecule has 2 rings (SSSR count). The van der Waals surface area contributed by atoms with E-state index in [4.69, 9.17) is 0 Å². The lowest BCUT2D eigenvalue weighted by atomic mass is 10.0. The Bertz CT molecular complexity index is 537. The largest absolute Gasteiger partial charge is 0.508 e. The zero-order valence-electron chi connectivity index (χ0n) is 11.6. The highest BCUT2D eigenvalue weighted by Crippen LogP contribution is 2.25. The summed E-state index contributed by atoms with van der Waals surface area (Å²) in [4.78, 5) is 0. The van der Waals surface area contributed by atoms with Gasteiger partial charge in [-0.05, 0) is 67.5 Å². The Morgan fingerprint density at radius 2 is 1.25 bits per heavy atom. The first kappa shape index (κ1) is 14.3. The SMILES string of the molecule is Cc1cc(CCCCc2ccc(O)c(O)c2)ccc1O. The molecule has 0 amide bonds. The van der Waals surface area contributed by atoms with Gasteiger partial charge in [-0.1, -0.05) is 18.2 Å². The summed E-state index contributed by atoms with van der Waals surface area (Å²) in [5.41, 5.74) is 3.17. The van der Waals surface area contributed by atoms with Crippen molar-refractivity contribution in [2.75, 3.05) is 0 Å². The van der Waals surface area contributed by atoms with Gasteiger partial charge in [0, 0.05) is 0 Å². The lowest BCUT2D eigenvalue weighted by molar-refractivity contribution is 0.403. The van der Waals surface area contributed by atoms with Crippen LogP contribution in [0.2, 0.25) is 0 Å². The second kappa shape index (κ2) is 6.33. The lowest BCUT2D eigenvalue weighted by Crippen LogP contribution is -1.90. The molecule has 0 aliphatic heterocycles. The minimum Gasteiger partial charge on any atom is -0.508 e. The van der Waals surface area contributed by atoms with E-state index in [1.54, 1.807) is 12.1 Å². The molecule has 0 aliphatic rings. The molecule has 0 atom stereocenters. The summed E-state index contributed by atoms with van der Waals surface area (Å²) >= 11 is 0. The van der Waals surface area contributed by atoms with E-state index in [9.17, 15) is 15.3 Å². The van der Waals surface area contributed by atoms with Gasteiger partial charge in [0.05, 0.1) is 0 Å². The molecule has 3 nitrogen and oxygen atoms in total. The van der Waals surface area contributed by atoms with E-state index in [0.29, 0.717) is 5.75 Å². The van der Waals surface area contributed by atoms with Crippen LogP contribution in [0.4, 0.5) is 0 Å². The summed E-state index contributed by atoms with van der Waals surface area (Å²) in [6, 6.07) is 10.7. The molecule has 0 spiro atoms. The Kier molecular flexibility index (Phi) is 4.51. The molecular weight excluding hydrogens is 252 g/mol. The molecule has 3 heteroatoms. The Hall–Kier alpha value is -2.16. The average Bonchev–Trinajstić information content (AvgIpc) is 2.42. The van der Waals surface area contributed by atoms with Gasteiger partial charge in [-0.15, -0.1) is 0 Å². The van der Waals surface area contributed by atoms with Crippen molar-refractivity contribution in [2.45, 2.75) is 32.6 Å². The van der Waals surface area contributed by atoms with Crippen LogP contribution in [0.25, 0.3) is 0 Å². The number of hydrogen-bond donors (Lipinski definition) is 3. The molecule has 0 aliphatic carbocycles. The van der Waals surface area contributed by atoms with E-state index in [0.717, 1.165) is 36.8 Å². The summed E-state index contributed by atoms with van der Waals surface area (Å²) in [5.74, 6) is 0.207. The summed E-state index contributed by atoms with van der Waals surface area (Å²) in [6.07, 6.45) is 3.92. The predicted octanol–water partition coefficient (Wildman–Crippen LogP) is 3.68. The van der Waals surface area contributed by atoms with Gasteiger partial charge in [-0.3, -0.25) is 0 Å². The molecule has 0 bridgehead atoms. The number of unbranched alkanes of at least 4 members (excludes halogenated alkanes) is 1. The van der Waals surface area contributed by atoms with E-state index < -0.39 is 0 Å². The van der Waals surface area contributed by atoms with Crippen LogP contribution in [0.1, 0.15) is 29.5 Å². The third-order valence-corrected chi connectivity index (χ3v) is 3.48. The minimum atomic E-state index is -0.0756. The van der Waals surface area contributed by atoms with E-state index in [1.807, 2.05) is 25.1 Å². The Morgan fingerprint density at radius 1 is 0.700 bits per heavy atom. The Balaban J connectivity index is 1.81. The van der Waals surface area contributed by atoms with Crippen molar-refractivity contribution < 1.29 is 15.3 Å². The fourth-order valence-corrected chi connectivity index (χ4v) is 2.26. The molecule has 2 aromatic rings. The van der Waals surface area contributed by atoms with Crippen molar-refractivity contribution in [3.8, 4) is 17.2 Å². The minimum absolute atomic E-state index is 0.0586. The van der Waals surface area contributed by atoms with Crippen LogP contribution in [0.3, 0.4) is 0 Å². The van der Waals surface area contributed by atoms with Crippen LogP contribution in [-0.4, -0.2) is 15.3 Å². The van der Waals surface area contributed by atoms with Crippen LogP contribution in [0, 0.1) is 6.92 Å². The first-order chi connectivity index (χ1) is 9.56. The summed E-state index contributed by atoms with van der Waals surface area (Å²) in [7, 11) is 0. The number of aryl methyl sites for hydroxylation is 3. The summed E-state index contributed by atoms with van der Waals surface area (Å²) < 4.78 is 0. The summed E-state index contributed by atoms with van der Waals surface area (Å²) in [5, 5.41) is 28.1. The molecule has 2 aromatic carbocycles. The van der Waals surface area contributed by atoms with E-state index in [2.05, 4.69) is 0 Å². The van der Waals surface area contributed by atoms with Crippen molar-refractivity contribution in [3.05, 3.63) is 53.1 Å². The number of rotatable bonds is 5. The highest BCUT2D eigenvalue weighted by Gasteiger charge is 2.02. The molecule has 0 radical (unpaired) electrons. The molecule has 3 N–H and O–H groups in total. The fourth-order valence-electron chi connectivity index (χ4n) is 2.26. The molecule has 106 valence electrons. The number of hydrogen-bond acceptors (Lipinski definition) is 3. The fraction of sp³-hybridized carbons (Fsp3) is 0.294. The van der Waals surface area contributed by atoms with Gasteiger partial charge >= 0.3 is 0 Å². The van der Waals surface area contributed by atoms with Gasteiger partial charge < -0.3 is 15.3 Å². The van der Waals surface area contributed by atoms with Crippen LogP contribution in [0.5, 0.6) is 17.2 Å². The second-order valence-corrected chi connectivity index (χ2v) is 5.15. The van der Waals surface area contributed by atoms with Crippen molar-refractivity contribution >= 4 is 0 Å². The molecule has 0 saturated heterocycles. The molecule has 0 saturated carbocycles. The van der Waals surface area contributed by atoms with Gasteiger partial charge in [0.25, 0.3) is 0 Å². The first-order valence-electron chi connectivity index (χ1n) is 6.85. The maximum Gasteiger partial charge on any atom is 0.157 e.